The maximum atomic E-state index is 12.9. The number of rotatable bonds is 7. The molecule has 1 N–H and O–H groups in total. The molecule has 152 valence electrons. The van der Waals surface area contributed by atoms with Crippen molar-refractivity contribution < 1.29 is 13.2 Å². The van der Waals surface area contributed by atoms with Crippen LogP contribution in [0.4, 0.5) is 18.9 Å². The van der Waals surface area contributed by atoms with E-state index in [-0.39, 0.29) is 0 Å². The number of fused-ring (bicyclic) bond motifs is 1. The number of para-hydroxylation sites is 1. The molecular formula is C23H23F3N2S. The lowest BCUT2D eigenvalue weighted by Crippen LogP contribution is -2.27. The van der Waals surface area contributed by atoms with Crippen LogP contribution in [-0.4, -0.2) is 17.3 Å². The fourth-order valence-electron chi connectivity index (χ4n) is 3.85. The van der Waals surface area contributed by atoms with Crippen LogP contribution < -0.4 is 5.32 Å². The van der Waals surface area contributed by atoms with Crippen molar-refractivity contribution in [3.05, 3.63) is 66.4 Å². The Kier molecular flexibility index (Phi) is 5.99. The van der Waals surface area contributed by atoms with Crippen LogP contribution >= 0.6 is 11.8 Å². The van der Waals surface area contributed by atoms with Gasteiger partial charge in [0.15, 0.2) is 0 Å². The first kappa shape index (κ1) is 20.1. The van der Waals surface area contributed by atoms with Gasteiger partial charge in [0.25, 0.3) is 0 Å². The molecule has 1 aliphatic rings. The summed E-state index contributed by atoms with van der Waals surface area (Å²) in [5, 5.41) is 4.26. The third-order valence-corrected chi connectivity index (χ3v) is 6.80. The molecule has 0 unspecified atom stereocenters. The van der Waals surface area contributed by atoms with Crippen LogP contribution in [0.2, 0.25) is 0 Å². The van der Waals surface area contributed by atoms with Gasteiger partial charge < -0.3 is 5.32 Å². The van der Waals surface area contributed by atoms with E-state index in [2.05, 4.69) is 22.4 Å². The molecule has 3 aromatic rings. The van der Waals surface area contributed by atoms with Crippen molar-refractivity contribution in [2.45, 2.75) is 30.3 Å². The molecule has 0 spiro atoms. The summed E-state index contributed by atoms with van der Waals surface area (Å²) in [7, 11) is 0. The van der Waals surface area contributed by atoms with Crippen LogP contribution in [0.3, 0.4) is 0 Å². The molecule has 6 heteroatoms. The van der Waals surface area contributed by atoms with E-state index in [1.807, 2.05) is 24.3 Å². The number of nitrogens with zero attached hydrogens (tertiary/aromatic N) is 1. The van der Waals surface area contributed by atoms with Gasteiger partial charge in [-0.05, 0) is 61.4 Å². The molecule has 1 aliphatic carbocycles. The Labute approximate surface area is 172 Å². The van der Waals surface area contributed by atoms with Gasteiger partial charge in [0.1, 0.15) is 0 Å². The van der Waals surface area contributed by atoms with Crippen LogP contribution in [0, 0.1) is 11.8 Å². The molecule has 0 bridgehead atoms. The molecule has 0 saturated heterocycles. The minimum absolute atomic E-state index is 0.406. The van der Waals surface area contributed by atoms with Gasteiger partial charge in [-0.3, -0.25) is 4.98 Å². The van der Waals surface area contributed by atoms with Gasteiger partial charge in [0.05, 0.1) is 11.1 Å². The Balaban J connectivity index is 1.25. The number of halogens is 3. The first-order chi connectivity index (χ1) is 14.0. The van der Waals surface area contributed by atoms with Crippen LogP contribution in [0.15, 0.2) is 65.7 Å². The average Bonchev–Trinajstić information content (AvgIpc) is 2.68. The number of benzene rings is 2. The second kappa shape index (κ2) is 8.66. The smallest absolute Gasteiger partial charge is 0.385 e. The summed E-state index contributed by atoms with van der Waals surface area (Å²) in [5.74, 6) is 2.45. The highest BCUT2D eigenvalue weighted by Gasteiger charge is 2.31. The number of nitrogens with one attached hydrogen (secondary N) is 1. The zero-order valence-electron chi connectivity index (χ0n) is 16.0. The van der Waals surface area contributed by atoms with Crippen molar-refractivity contribution >= 4 is 28.4 Å². The zero-order valence-corrected chi connectivity index (χ0v) is 16.8. The summed E-state index contributed by atoms with van der Waals surface area (Å²) >= 11 is 1.73. The summed E-state index contributed by atoms with van der Waals surface area (Å²) in [4.78, 5) is 5.14. The van der Waals surface area contributed by atoms with Crippen LogP contribution in [0.1, 0.15) is 24.8 Å². The molecule has 0 radical (unpaired) electrons. The van der Waals surface area contributed by atoms with Crippen molar-refractivity contribution in [3.63, 3.8) is 0 Å². The van der Waals surface area contributed by atoms with Gasteiger partial charge in [0.2, 0.25) is 0 Å². The summed E-state index contributed by atoms with van der Waals surface area (Å²) in [6.45, 7) is 0.991. The fraction of sp³-hybridized carbons (Fsp3) is 0.348. The Hall–Kier alpha value is -2.21. The lowest BCUT2D eigenvalue weighted by atomic mass is 9.74. The number of anilines is 1. The van der Waals surface area contributed by atoms with Crippen molar-refractivity contribution in [3.8, 4) is 0 Å². The number of thioether (sulfide) groups is 1. The van der Waals surface area contributed by atoms with Crippen molar-refractivity contribution in [2.24, 2.45) is 11.8 Å². The van der Waals surface area contributed by atoms with E-state index in [1.54, 1.807) is 24.0 Å². The first-order valence-corrected chi connectivity index (χ1v) is 10.9. The van der Waals surface area contributed by atoms with E-state index in [0.29, 0.717) is 11.4 Å². The number of hydrogen-bond donors (Lipinski definition) is 1. The molecule has 2 nitrogen and oxygen atoms in total. The molecule has 1 heterocycles. The van der Waals surface area contributed by atoms with Gasteiger partial charge >= 0.3 is 6.18 Å². The van der Waals surface area contributed by atoms with E-state index in [1.165, 1.54) is 19.3 Å². The fourth-order valence-corrected chi connectivity index (χ4v) is 5.03. The van der Waals surface area contributed by atoms with Crippen molar-refractivity contribution in [2.75, 3.05) is 17.6 Å². The molecule has 1 fully saturated rings. The largest absolute Gasteiger partial charge is 0.416 e. The van der Waals surface area contributed by atoms with Crippen LogP contribution in [0.5, 0.6) is 0 Å². The average molecular weight is 417 g/mol. The third kappa shape index (κ3) is 5.04. The summed E-state index contributed by atoms with van der Waals surface area (Å²) in [6.07, 6.45) is 0.892. The highest BCUT2D eigenvalue weighted by Crippen LogP contribution is 2.40. The predicted molar refractivity (Wildman–Crippen MR) is 113 cm³/mol. The van der Waals surface area contributed by atoms with Gasteiger partial charge in [-0.1, -0.05) is 24.3 Å². The molecule has 0 aliphatic heterocycles. The standard InChI is InChI=1S/C23H23F3N2S/c24-23(25,26)18-6-7-20-21(14-18)28-11-9-22(20)29-15-17-12-16(13-17)8-10-27-19-4-2-1-3-5-19/h1-7,9,11,14,16-17,27H,8,10,12-13,15H2. The molecule has 1 aromatic heterocycles. The third-order valence-electron chi connectivity index (χ3n) is 5.49. The molecule has 4 rings (SSSR count). The van der Waals surface area contributed by atoms with E-state index in [0.717, 1.165) is 46.3 Å². The lowest BCUT2D eigenvalue weighted by Gasteiger charge is -2.35. The maximum absolute atomic E-state index is 12.9. The Bertz CT molecular complexity index is 953. The minimum atomic E-state index is -4.34. The predicted octanol–water partition coefficient (Wildman–Crippen LogP) is 6.87. The summed E-state index contributed by atoms with van der Waals surface area (Å²) in [5.41, 5.74) is 0.922. The molecular weight excluding hydrogens is 393 g/mol. The lowest BCUT2D eigenvalue weighted by molar-refractivity contribution is -0.137. The normalized spacial score (nSPS) is 19.1. The first-order valence-electron chi connectivity index (χ1n) is 9.87. The van der Waals surface area contributed by atoms with E-state index in [4.69, 9.17) is 0 Å². The Morgan fingerprint density at radius 2 is 1.79 bits per heavy atom. The highest BCUT2D eigenvalue weighted by atomic mass is 32.2. The molecule has 0 atom stereocenters. The maximum Gasteiger partial charge on any atom is 0.416 e. The Morgan fingerprint density at radius 3 is 2.55 bits per heavy atom. The monoisotopic (exact) mass is 416 g/mol. The van der Waals surface area contributed by atoms with Gasteiger partial charge in [0, 0.05) is 34.5 Å². The van der Waals surface area contributed by atoms with E-state index < -0.39 is 11.7 Å². The number of aromatic nitrogens is 1. The van der Waals surface area contributed by atoms with Crippen molar-refractivity contribution in [1.82, 2.24) is 4.98 Å². The van der Waals surface area contributed by atoms with Crippen LogP contribution in [0.25, 0.3) is 10.9 Å². The van der Waals surface area contributed by atoms with E-state index in [9.17, 15) is 13.2 Å². The minimum Gasteiger partial charge on any atom is -0.385 e. The van der Waals surface area contributed by atoms with Gasteiger partial charge in [-0.2, -0.15) is 13.2 Å². The number of hydrogen-bond acceptors (Lipinski definition) is 3. The van der Waals surface area contributed by atoms with Crippen LogP contribution in [-0.2, 0) is 6.18 Å². The summed E-state index contributed by atoms with van der Waals surface area (Å²) < 4.78 is 38.7. The zero-order chi connectivity index (χ0) is 20.3. The molecule has 1 saturated carbocycles. The van der Waals surface area contributed by atoms with E-state index >= 15 is 0 Å². The van der Waals surface area contributed by atoms with Crippen molar-refractivity contribution in [1.29, 1.82) is 0 Å². The number of pyridine rings is 1. The molecule has 2 aromatic carbocycles. The topological polar surface area (TPSA) is 24.9 Å². The van der Waals surface area contributed by atoms with Gasteiger partial charge in [-0.15, -0.1) is 11.8 Å². The van der Waals surface area contributed by atoms with Gasteiger partial charge in [-0.25, -0.2) is 0 Å². The highest BCUT2D eigenvalue weighted by molar-refractivity contribution is 7.99. The molecule has 0 amide bonds. The second-order valence-corrected chi connectivity index (χ2v) is 8.70. The number of alkyl halides is 3. The molecule has 29 heavy (non-hydrogen) atoms. The SMILES string of the molecule is FC(F)(F)c1ccc2c(SCC3CC(CCNc4ccccc4)C3)ccnc2c1. The summed E-state index contributed by atoms with van der Waals surface area (Å²) in [6, 6.07) is 16.0. The Morgan fingerprint density at radius 1 is 1.00 bits per heavy atom. The second-order valence-electron chi connectivity index (χ2n) is 7.63. The quantitative estimate of drug-likeness (QED) is 0.425.